The predicted octanol–water partition coefficient (Wildman–Crippen LogP) is 8.68. The highest BCUT2D eigenvalue weighted by molar-refractivity contribution is 7.84. The Morgan fingerprint density at radius 2 is 1.75 bits per heavy atom. The zero-order chi connectivity index (χ0) is 33.2. The van der Waals surface area contributed by atoms with Crippen LogP contribution in [0.4, 0.5) is 5.69 Å². The average molecular weight is 674 g/mol. The maximum Gasteiger partial charge on any atom is 0.263 e. The molecule has 0 saturated carbocycles. The summed E-state index contributed by atoms with van der Waals surface area (Å²) in [4.78, 5) is 2.21. The number of benzene rings is 4. The zero-order valence-corrected chi connectivity index (χ0v) is 28.6. The maximum atomic E-state index is 12.1. The fraction of sp³-hybridized carbons (Fsp3) is 0.205. The van der Waals surface area contributed by atoms with E-state index in [9.17, 15) is 13.0 Å². The average Bonchev–Trinajstić information content (AvgIpc) is 3.72. The van der Waals surface area contributed by atoms with Gasteiger partial charge >= 0.3 is 0 Å². The normalized spacial score (nSPS) is 17.8. The van der Waals surface area contributed by atoms with Crippen molar-refractivity contribution in [3.05, 3.63) is 125 Å². The van der Waals surface area contributed by atoms with Crippen molar-refractivity contribution in [2.45, 2.75) is 39.5 Å². The molecule has 0 N–H and O–H groups in total. The Hall–Kier alpha value is -4.70. The van der Waals surface area contributed by atoms with Gasteiger partial charge in [0.15, 0.2) is 15.9 Å². The number of thiazole rings is 1. The second kappa shape index (κ2) is 11.5. The fourth-order valence-corrected chi connectivity index (χ4v) is 9.08. The summed E-state index contributed by atoms with van der Waals surface area (Å²) in [5.74, 6) is 0.987. The van der Waals surface area contributed by atoms with Gasteiger partial charge in [0, 0.05) is 30.6 Å². The van der Waals surface area contributed by atoms with Crippen molar-refractivity contribution in [1.82, 2.24) is 4.57 Å². The number of anilines is 1. The molecule has 0 unspecified atom stereocenters. The molecule has 0 amide bonds. The molecule has 0 spiro atoms. The molecule has 48 heavy (non-hydrogen) atoms. The second-order valence-corrected chi connectivity index (χ2v) is 15.8. The van der Waals surface area contributed by atoms with Crippen LogP contribution in [-0.4, -0.2) is 24.1 Å². The van der Waals surface area contributed by atoms with E-state index in [1.165, 1.54) is 16.7 Å². The van der Waals surface area contributed by atoms with E-state index in [4.69, 9.17) is 4.74 Å². The SMILES string of the molecule is CCN1/C(=C/C2=CC(=C\c3sc4ccc5ccccc5c4[n+]3CS(=O)(=O)[O-])/CC(C)(C)C2)Oc2ccc(-n3ccc4ccccc43)cc21. The molecule has 9 heteroatoms. The van der Waals surface area contributed by atoms with Crippen LogP contribution < -0.4 is 14.2 Å². The Balaban J connectivity index is 1.18. The number of ether oxygens (including phenoxy) is 1. The van der Waals surface area contributed by atoms with Crippen molar-refractivity contribution in [2.75, 3.05) is 11.4 Å². The lowest BCUT2D eigenvalue weighted by atomic mass is 9.75. The number of fused-ring (bicyclic) bond motifs is 5. The van der Waals surface area contributed by atoms with E-state index >= 15 is 0 Å². The first-order valence-electron chi connectivity index (χ1n) is 16.1. The zero-order valence-electron chi connectivity index (χ0n) is 27.0. The number of hydrogen-bond donors (Lipinski definition) is 0. The molecular weight excluding hydrogens is 639 g/mol. The molecule has 242 valence electrons. The Morgan fingerprint density at radius 3 is 2.56 bits per heavy atom. The highest BCUT2D eigenvalue weighted by Gasteiger charge is 2.31. The Kier molecular flexibility index (Phi) is 7.32. The van der Waals surface area contributed by atoms with Crippen LogP contribution in [0.5, 0.6) is 5.75 Å². The molecule has 0 saturated heterocycles. The van der Waals surface area contributed by atoms with E-state index in [0.29, 0.717) is 0 Å². The third-order valence-corrected chi connectivity index (χ3v) is 10.8. The van der Waals surface area contributed by atoms with Gasteiger partial charge in [-0.15, -0.1) is 0 Å². The summed E-state index contributed by atoms with van der Waals surface area (Å²) in [5, 5.41) is 3.86. The number of nitrogens with zero attached hydrogens (tertiary/aromatic N) is 3. The van der Waals surface area contributed by atoms with Gasteiger partial charge in [-0.25, -0.2) is 8.42 Å². The quantitative estimate of drug-likeness (QED) is 0.131. The van der Waals surface area contributed by atoms with Gasteiger partial charge in [0.05, 0.1) is 16.6 Å². The maximum absolute atomic E-state index is 12.1. The lowest BCUT2D eigenvalue weighted by Gasteiger charge is -2.30. The van der Waals surface area contributed by atoms with E-state index in [2.05, 4.69) is 97.1 Å². The standard InChI is InChI=1S/C39H35N3O4S2/c1-4-40-33-22-30(41-18-17-29-10-6-8-12-32(29)41)14-15-34(33)46-36(40)20-26-19-27(24-39(2,3)23-26)21-37-42(25-48(43,44)45)38-31-11-7-5-9-28(31)13-16-35(38)47-37/h5-22H,4,23-25H2,1-3H3. The summed E-state index contributed by atoms with van der Waals surface area (Å²) in [5.41, 5.74) is 6.20. The molecule has 2 aliphatic rings. The lowest BCUT2D eigenvalue weighted by molar-refractivity contribution is -0.648. The monoisotopic (exact) mass is 673 g/mol. The van der Waals surface area contributed by atoms with Crippen molar-refractivity contribution in [3.63, 3.8) is 0 Å². The molecule has 4 aromatic carbocycles. The largest absolute Gasteiger partial charge is 0.743 e. The summed E-state index contributed by atoms with van der Waals surface area (Å²) < 4.78 is 47.7. The summed E-state index contributed by atoms with van der Waals surface area (Å²) in [6.07, 6.45) is 10.2. The van der Waals surface area contributed by atoms with Gasteiger partial charge < -0.3 is 18.8 Å². The van der Waals surface area contributed by atoms with Crippen molar-refractivity contribution in [2.24, 2.45) is 5.41 Å². The minimum Gasteiger partial charge on any atom is -0.743 e. The van der Waals surface area contributed by atoms with Gasteiger partial charge in [-0.1, -0.05) is 73.7 Å². The van der Waals surface area contributed by atoms with Gasteiger partial charge in [0.2, 0.25) is 17.3 Å². The van der Waals surface area contributed by atoms with Crippen LogP contribution >= 0.6 is 11.3 Å². The Morgan fingerprint density at radius 1 is 0.958 bits per heavy atom. The molecule has 8 rings (SSSR count). The third kappa shape index (κ3) is 5.61. The van der Waals surface area contributed by atoms with E-state index in [1.807, 2.05) is 42.5 Å². The van der Waals surface area contributed by atoms with Gasteiger partial charge in [0.25, 0.3) is 5.01 Å². The molecule has 7 nitrogen and oxygen atoms in total. The van der Waals surface area contributed by atoms with E-state index < -0.39 is 16.0 Å². The molecule has 6 aromatic rings. The fourth-order valence-electron chi connectivity index (χ4n) is 7.26. The van der Waals surface area contributed by atoms with Crippen LogP contribution in [0.2, 0.25) is 0 Å². The Labute approximate surface area is 284 Å². The van der Waals surface area contributed by atoms with Crippen LogP contribution in [0.3, 0.4) is 0 Å². The van der Waals surface area contributed by atoms with Gasteiger partial charge in [-0.2, -0.15) is 4.57 Å². The van der Waals surface area contributed by atoms with Gasteiger partial charge in [0.1, 0.15) is 4.70 Å². The first-order valence-corrected chi connectivity index (χ1v) is 18.5. The number of hydrogen-bond acceptors (Lipinski definition) is 6. The molecule has 3 heterocycles. The van der Waals surface area contributed by atoms with Crippen LogP contribution in [0.15, 0.2) is 120 Å². The summed E-state index contributed by atoms with van der Waals surface area (Å²) in [6.45, 7) is 7.36. The number of para-hydroxylation sites is 1. The highest BCUT2D eigenvalue weighted by atomic mass is 32.2. The first-order chi connectivity index (χ1) is 23.0. The number of allylic oxidation sites excluding steroid dienone is 4. The van der Waals surface area contributed by atoms with E-state index in [1.54, 1.807) is 4.57 Å². The van der Waals surface area contributed by atoms with Crippen molar-refractivity contribution >= 4 is 65.1 Å². The van der Waals surface area contributed by atoms with Crippen LogP contribution in [0.25, 0.3) is 43.7 Å². The molecule has 0 atom stereocenters. The Bertz CT molecular complexity index is 2470. The summed E-state index contributed by atoms with van der Waals surface area (Å²) >= 11 is 1.51. The second-order valence-electron chi connectivity index (χ2n) is 13.4. The number of aromatic nitrogens is 2. The van der Waals surface area contributed by atoms with Crippen LogP contribution in [0.1, 0.15) is 38.6 Å². The van der Waals surface area contributed by atoms with Gasteiger partial charge in [-0.3, -0.25) is 0 Å². The third-order valence-electron chi connectivity index (χ3n) is 9.16. The van der Waals surface area contributed by atoms with Crippen molar-refractivity contribution in [1.29, 1.82) is 0 Å². The minimum absolute atomic E-state index is 0.0447. The minimum atomic E-state index is -4.54. The van der Waals surface area contributed by atoms with Crippen LogP contribution in [-0.2, 0) is 16.0 Å². The molecular formula is C39H35N3O4S2. The van der Waals surface area contributed by atoms with E-state index in [-0.39, 0.29) is 5.41 Å². The topological polar surface area (TPSA) is 78.5 Å². The molecule has 1 aliphatic heterocycles. The first kappa shape index (κ1) is 30.6. The number of rotatable bonds is 6. The van der Waals surface area contributed by atoms with Crippen molar-refractivity contribution < 1.29 is 22.3 Å². The molecule has 1 aliphatic carbocycles. The predicted molar refractivity (Wildman–Crippen MR) is 193 cm³/mol. The highest BCUT2D eigenvalue weighted by Crippen LogP contribution is 2.44. The smallest absolute Gasteiger partial charge is 0.263 e. The molecule has 0 fully saturated rings. The summed E-state index contributed by atoms with van der Waals surface area (Å²) in [6, 6.07) is 28.7. The van der Waals surface area contributed by atoms with Crippen molar-refractivity contribution in [3.8, 4) is 11.4 Å². The lowest BCUT2D eigenvalue weighted by Crippen LogP contribution is -2.39. The molecule has 0 radical (unpaired) electrons. The van der Waals surface area contributed by atoms with Crippen LogP contribution in [0, 0.1) is 5.41 Å². The summed E-state index contributed by atoms with van der Waals surface area (Å²) in [7, 11) is -4.54. The van der Waals surface area contributed by atoms with Gasteiger partial charge in [-0.05, 0) is 89.6 Å². The molecule has 0 bridgehead atoms. The van der Waals surface area contributed by atoms with E-state index in [0.717, 1.165) is 85.1 Å². The molecule has 2 aromatic heterocycles.